The normalized spacial score (nSPS) is 12.1. The van der Waals surface area contributed by atoms with E-state index in [1.807, 2.05) is 0 Å². The van der Waals surface area contributed by atoms with E-state index in [1.165, 1.54) is 212 Å². The quantitative estimate of drug-likeness (QED) is 0.0348. The molecule has 0 radical (unpaired) electrons. The van der Waals surface area contributed by atoms with Crippen molar-refractivity contribution < 1.29 is 23.8 Å². The van der Waals surface area contributed by atoms with E-state index in [9.17, 15) is 9.59 Å². The molecule has 1 atom stereocenters. The Bertz CT molecular complexity index is 840. The lowest BCUT2D eigenvalue weighted by Gasteiger charge is -2.18. The summed E-state index contributed by atoms with van der Waals surface area (Å²) in [4.78, 5) is 25.3. The lowest BCUT2D eigenvalue weighted by atomic mass is 10.0. The molecule has 0 fully saturated rings. The van der Waals surface area contributed by atoms with Gasteiger partial charge in [0.1, 0.15) is 6.61 Å². The van der Waals surface area contributed by atoms with Gasteiger partial charge in [-0.1, -0.05) is 251 Å². The van der Waals surface area contributed by atoms with Gasteiger partial charge in [-0.3, -0.25) is 9.59 Å². The lowest BCUT2D eigenvalue weighted by Crippen LogP contribution is -2.30. The summed E-state index contributed by atoms with van der Waals surface area (Å²) >= 11 is 0. The number of esters is 2. The van der Waals surface area contributed by atoms with E-state index in [0.717, 1.165) is 44.9 Å². The van der Waals surface area contributed by atoms with Crippen LogP contribution in [0.4, 0.5) is 0 Å². The molecule has 0 unspecified atom stereocenters. The van der Waals surface area contributed by atoms with Crippen molar-refractivity contribution >= 4 is 11.9 Å². The van der Waals surface area contributed by atoms with E-state index in [1.54, 1.807) is 0 Å². The first-order valence-corrected chi connectivity index (χ1v) is 26.2. The standard InChI is InChI=1S/C53H102O5/c1-4-7-10-13-16-19-22-24-26-28-30-33-36-39-42-45-48-56-49-51(50-57-52(54)46-43-40-37-34-31-21-18-15-12-9-6-3)58-53(55)47-44-41-38-35-32-29-27-25-23-20-17-14-11-8-5-2/h15,18,51H,4-14,16-17,19-50H2,1-3H3/b18-15-/t51-/m1/s1. The smallest absolute Gasteiger partial charge is 0.306 e. The van der Waals surface area contributed by atoms with E-state index in [0.29, 0.717) is 26.1 Å². The molecule has 0 aliphatic heterocycles. The zero-order valence-electron chi connectivity index (χ0n) is 39.6. The zero-order chi connectivity index (χ0) is 42.1. The van der Waals surface area contributed by atoms with Gasteiger partial charge in [0.15, 0.2) is 6.10 Å². The van der Waals surface area contributed by atoms with E-state index in [2.05, 4.69) is 32.9 Å². The Morgan fingerprint density at radius 1 is 0.362 bits per heavy atom. The molecule has 0 aliphatic carbocycles. The summed E-state index contributed by atoms with van der Waals surface area (Å²) in [5.74, 6) is -0.387. The van der Waals surface area contributed by atoms with Crippen molar-refractivity contribution in [3.8, 4) is 0 Å². The van der Waals surface area contributed by atoms with Gasteiger partial charge in [0.2, 0.25) is 0 Å². The zero-order valence-corrected chi connectivity index (χ0v) is 39.6. The molecule has 58 heavy (non-hydrogen) atoms. The number of carbonyl (C=O) groups excluding carboxylic acids is 2. The first-order chi connectivity index (χ1) is 28.6. The number of ether oxygens (including phenoxy) is 3. The molecule has 0 N–H and O–H groups in total. The molecule has 0 aromatic rings. The third-order valence-corrected chi connectivity index (χ3v) is 11.8. The van der Waals surface area contributed by atoms with Crippen molar-refractivity contribution in [1.82, 2.24) is 0 Å². The van der Waals surface area contributed by atoms with Crippen molar-refractivity contribution in [2.75, 3.05) is 19.8 Å². The summed E-state index contributed by atoms with van der Waals surface area (Å²) < 4.78 is 17.4. The number of carbonyl (C=O) groups is 2. The van der Waals surface area contributed by atoms with Crippen LogP contribution < -0.4 is 0 Å². The summed E-state index contributed by atoms with van der Waals surface area (Å²) in [6.45, 7) is 7.85. The van der Waals surface area contributed by atoms with Gasteiger partial charge in [-0.15, -0.1) is 0 Å². The predicted molar refractivity (Wildman–Crippen MR) is 252 cm³/mol. The number of rotatable bonds is 49. The second-order valence-electron chi connectivity index (χ2n) is 17.8. The maximum Gasteiger partial charge on any atom is 0.306 e. The minimum Gasteiger partial charge on any atom is -0.462 e. The Morgan fingerprint density at radius 2 is 0.690 bits per heavy atom. The van der Waals surface area contributed by atoms with Crippen LogP contribution in [-0.2, 0) is 23.8 Å². The maximum atomic E-state index is 12.8. The summed E-state index contributed by atoms with van der Waals surface area (Å²) in [6, 6.07) is 0. The van der Waals surface area contributed by atoms with Gasteiger partial charge in [-0.25, -0.2) is 0 Å². The van der Waals surface area contributed by atoms with Crippen LogP contribution in [0.3, 0.4) is 0 Å². The number of unbranched alkanes of at least 4 members (excludes halogenated alkanes) is 36. The monoisotopic (exact) mass is 819 g/mol. The highest BCUT2D eigenvalue weighted by Crippen LogP contribution is 2.16. The molecule has 344 valence electrons. The molecule has 0 saturated heterocycles. The maximum absolute atomic E-state index is 12.8. The number of hydrogen-bond donors (Lipinski definition) is 0. The SMILES string of the molecule is CCCC/C=C\CCCCCCCC(=O)OC[C@@H](COCCCCCCCCCCCCCCCCCC)OC(=O)CCCCCCCCCCCCCCCCC. The van der Waals surface area contributed by atoms with Crippen molar-refractivity contribution in [1.29, 1.82) is 0 Å². The first-order valence-electron chi connectivity index (χ1n) is 26.2. The average molecular weight is 819 g/mol. The summed E-state index contributed by atoms with van der Waals surface area (Å²) in [7, 11) is 0. The van der Waals surface area contributed by atoms with Crippen LogP contribution in [0.5, 0.6) is 0 Å². The number of allylic oxidation sites excluding steroid dienone is 2. The van der Waals surface area contributed by atoms with Crippen LogP contribution in [0, 0.1) is 0 Å². The van der Waals surface area contributed by atoms with E-state index < -0.39 is 6.10 Å². The van der Waals surface area contributed by atoms with E-state index in [-0.39, 0.29) is 18.5 Å². The van der Waals surface area contributed by atoms with Gasteiger partial charge in [0.05, 0.1) is 6.61 Å². The van der Waals surface area contributed by atoms with E-state index >= 15 is 0 Å². The van der Waals surface area contributed by atoms with Crippen molar-refractivity contribution in [2.45, 2.75) is 297 Å². The topological polar surface area (TPSA) is 61.8 Å². The summed E-state index contributed by atoms with van der Waals surface area (Å²) in [6.07, 6.45) is 56.5. The van der Waals surface area contributed by atoms with Gasteiger partial charge >= 0.3 is 11.9 Å². The van der Waals surface area contributed by atoms with Crippen LogP contribution in [-0.4, -0.2) is 37.9 Å². The largest absolute Gasteiger partial charge is 0.462 e. The molecule has 0 heterocycles. The molecule has 0 saturated carbocycles. The number of hydrogen-bond acceptors (Lipinski definition) is 5. The van der Waals surface area contributed by atoms with Gasteiger partial charge < -0.3 is 14.2 Å². The molecule has 5 nitrogen and oxygen atoms in total. The molecule has 0 amide bonds. The van der Waals surface area contributed by atoms with Crippen molar-refractivity contribution in [2.24, 2.45) is 0 Å². The fourth-order valence-electron chi connectivity index (χ4n) is 7.85. The van der Waals surface area contributed by atoms with E-state index in [4.69, 9.17) is 14.2 Å². The third-order valence-electron chi connectivity index (χ3n) is 11.8. The third kappa shape index (κ3) is 47.3. The Balaban J connectivity index is 4.19. The predicted octanol–water partition coefficient (Wildman–Crippen LogP) is 17.5. The second-order valence-corrected chi connectivity index (χ2v) is 17.8. The molecule has 0 aromatic carbocycles. The fraction of sp³-hybridized carbons (Fsp3) is 0.925. The Morgan fingerprint density at radius 3 is 1.10 bits per heavy atom. The van der Waals surface area contributed by atoms with Gasteiger partial charge in [0, 0.05) is 19.4 Å². The highest BCUT2D eigenvalue weighted by molar-refractivity contribution is 5.70. The van der Waals surface area contributed by atoms with Gasteiger partial charge in [-0.2, -0.15) is 0 Å². The molecule has 0 aliphatic rings. The Kier molecular flexibility index (Phi) is 48.8. The molecule has 0 bridgehead atoms. The highest BCUT2D eigenvalue weighted by atomic mass is 16.6. The minimum absolute atomic E-state index is 0.0900. The molecule has 5 heteroatoms. The summed E-state index contributed by atoms with van der Waals surface area (Å²) in [5.41, 5.74) is 0. The van der Waals surface area contributed by atoms with Crippen LogP contribution in [0.15, 0.2) is 12.2 Å². The van der Waals surface area contributed by atoms with Crippen LogP contribution in [0.25, 0.3) is 0 Å². The van der Waals surface area contributed by atoms with Crippen LogP contribution in [0.1, 0.15) is 290 Å². The molecular weight excluding hydrogens is 717 g/mol. The van der Waals surface area contributed by atoms with Gasteiger partial charge in [0.25, 0.3) is 0 Å². The summed E-state index contributed by atoms with van der Waals surface area (Å²) in [5, 5.41) is 0. The average Bonchev–Trinajstić information content (AvgIpc) is 3.22. The molecule has 0 spiro atoms. The van der Waals surface area contributed by atoms with Crippen molar-refractivity contribution in [3.63, 3.8) is 0 Å². The van der Waals surface area contributed by atoms with Crippen LogP contribution in [0.2, 0.25) is 0 Å². The van der Waals surface area contributed by atoms with Crippen molar-refractivity contribution in [3.05, 3.63) is 12.2 Å². The molecular formula is C53H102O5. The second kappa shape index (κ2) is 50.0. The first kappa shape index (κ1) is 56.6. The fourth-order valence-corrected chi connectivity index (χ4v) is 7.85. The molecule has 0 rings (SSSR count). The molecule has 0 aromatic heterocycles. The Hall–Kier alpha value is -1.36. The Labute approximate surface area is 363 Å². The minimum atomic E-state index is -0.528. The van der Waals surface area contributed by atoms with Crippen LogP contribution >= 0.6 is 0 Å². The lowest BCUT2D eigenvalue weighted by molar-refractivity contribution is -0.163. The highest BCUT2D eigenvalue weighted by Gasteiger charge is 2.17. The van der Waals surface area contributed by atoms with Gasteiger partial charge in [-0.05, 0) is 38.5 Å².